The van der Waals surface area contributed by atoms with Gasteiger partial charge in [0.2, 0.25) is 11.0 Å². The summed E-state index contributed by atoms with van der Waals surface area (Å²) in [6.07, 6.45) is 0. The van der Waals surface area contributed by atoms with E-state index in [4.69, 9.17) is 0 Å². The number of rotatable bonds is 5. The highest BCUT2D eigenvalue weighted by Gasteiger charge is 2.02. The fraction of sp³-hybridized carbons (Fsp3) is 0.182. The van der Waals surface area contributed by atoms with E-state index in [2.05, 4.69) is 20.8 Å². The molecule has 1 amide bonds. The molecule has 6 heteroatoms. The lowest BCUT2D eigenvalue weighted by atomic mass is 10.2. The number of carbonyl (C=O) groups excluding carboxylic acids is 1. The first-order chi connectivity index (χ1) is 8.34. The minimum atomic E-state index is -0.0657. The van der Waals surface area contributed by atoms with E-state index in [-0.39, 0.29) is 12.5 Å². The van der Waals surface area contributed by atoms with Crippen molar-refractivity contribution in [3.63, 3.8) is 0 Å². The van der Waals surface area contributed by atoms with Crippen LogP contribution in [0.25, 0.3) is 0 Å². The maximum Gasteiger partial charge on any atom is 0.239 e. The number of nitrogens with one attached hydrogen (secondary N) is 2. The summed E-state index contributed by atoms with van der Waals surface area (Å²) in [5, 5.41) is 13.8. The number of benzene rings is 1. The van der Waals surface area contributed by atoms with Gasteiger partial charge in [-0.05, 0) is 5.56 Å². The van der Waals surface area contributed by atoms with Crippen molar-refractivity contribution < 1.29 is 4.79 Å². The van der Waals surface area contributed by atoms with Gasteiger partial charge in [-0.1, -0.05) is 41.7 Å². The van der Waals surface area contributed by atoms with E-state index < -0.39 is 0 Å². The SMILES string of the molecule is O=C(CNc1nncs1)NCc1ccccc1. The molecule has 5 nitrogen and oxygen atoms in total. The van der Waals surface area contributed by atoms with Crippen molar-refractivity contribution in [1.82, 2.24) is 15.5 Å². The molecule has 1 aromatic heterocycles. The molecule has 2 rings (SSSR count). The zero-order valence-corrected chi connectivity index (χ0v) is 9.91. The quantitative estimate of drug-likeness (QED) is 0.836. The van der Waals surface area contributed by atoms with Crippen molar-refractivity contribution in [3.05, 3.63) is 41.4 Å². The summed E-state index contributed by atoms with van der Waals surface area (Å²) < 4.78 is 0. The fourth-order valence-electron chi connectivity index (χ4n) is 1.26. The van der Waals surface area contributed by atoms with Crippen LogP contribution in [0, 0.1) is 0 Å². The Bertz CT molecular complexity index is 458. The van der Waals surface area contributed by atoms with E-state index in [9.17, 15) is 4.79 Å². The number of amides is 1. The van der Waals surface area contributed by atoms with Crippen LogP contribution in [-0.2, 0) is 11.3 Å². The predicted octanol–water partition coefficient (Wildman–Crippen LogP) is 1.27. The molecule has 88 valence electrons. The second-order valence-corrected chi connectivity index (χ2v) is 4.19. The molecular weight excluding hydrogens is 236 g/mol. The fourth-order valence-corrected chi connectivity index (χ4v) is 1.71. The average Bonchev–Trinajstić information content (AvgIpc) is 2.88. The Labute approximate surface area is 103 Å². The van der Waals surface area contributed by atoms with E-state index in [0.717, 1.165) is 5.56 Å². The van der Waals surface area contributed by atoms with Crippen LogP contribution in [0.3, 0.4) is 0 Å². The van der Waals surface area contributed by atoms with Crippen LogP contribution in [0.5, 0.6) is 0 Å². The topological polar surface area (TPSA) is 66.9 Å². The van der Waals surface area contributed by atoms with E-state index in [1.807, 2.05) is 30.3 Å². The summed E-state index contributed by atoms with van der Waals surface area (Å²) in [5.41, 5.74) is 2.70. The highest BCUT2D eigenvalue weighted by Crippen LogP contribution is 2.06. The zero-order valence-electron chi connectivity index (χ0n) is 9.09. The van der Waals surface area contributed by atoms with E-state index in [1.54, 1.807) is 5.51 Å². The molecule has 0 saturated heterocycles. The molecule has 0 fully saturated rings. The Morgan fingerprint density at radius 3 is 2.82 bits per heavy atom. The minimum absolute atomic E-state index is 0.0657. The first-order valence-corrected chi connectivity index (χ1v) is 6.03. The summed E-state index contributed by atoms with van der Waals surface area (Å²) >= 11 is 1.37. The van der Waals surface area contributed by atoms with Crippen molar-refractivity contribution in [2.45, 2.75) is 6.54 Å². The van der Waals surface area contributed by atoms with Crippen molar-refractivity contribution in [2.24, 2.45) is 0 Å². The molecule has 0 radical (unpaired) electrons. The second-order valence-electron chi connectivity index (χ2n) is 3.36. The van der Waals surface area contributed by atoms with Crippen LogP contribution < -0.4 is 10.6 Å². The minimum Gasteiger partial charge on any atom is -0.351 e. The Balaban J connectivity index is 1.71. The van der Waals surface area contributed by atoms with Crippen LogP contribution in [-0.4, -0.2) is 22.6 Å². The number of hydrogen-bond donors (Lipinski definition) is 2. The summed E-state index contributed by atoms with van der Waals surface area (Å²) in [5.74, 6) is -0.0657. The third-order valence-electron chi connectivity index (χ3n) is 2.09. The number of aromatic nitrogens is 2. The van der Waals surface area contributed by atoms with Gasteiger partial charge in [0, 0.05) is 6.54 Å². The van der Waals surface area contributed by atoms with Gasteiger partial charge in [0.1, 0.15) is 5.51 Å². The van der Waals surface area contributed by atoms with Gasteiger partial charge in [-0.15, -0.1) is 10.2 Å². The van der Waals surface area contributed by atoms with E-state index >= 15 is 0 Å². The van der Waals surface area contributed by atoms with Crippen LogP contribution >= 0.6 is 11.3 Å². The number of hydrogen-bond acceptors (Lipinski definition) is 5. The Hall–Kier alpha value is -1.95. The van der Waals surface area contributed by atoms with Crippen LogP contribution in [0.2, 0.25) is 0 Å². The maximum atomic E-state index is 11.5. The smallest absolute Gasteiger partial charge is 0.239 e. The zero-order chi connectivity index (χ0) is 11.9. The van der Waals surface area contributed by atoms with Gasteiger partial charge in [-0.25, -0.2) is 0 Å². The monoisotopic (exact) mass is 248 g/mol. The second kappa shape index (κ2) is 5.95. The number of anilines is 1. The lowest BCUT2D eigenvalue weighted by Crippen LogP contribution is -2.29. The molecule has 0 aliphatic rings. The van der Waals surface area contributed by atoms with Crippen molar-refractivity contribution >= 4 is 22.4 Å². The van der Waals surface area contributed by atoms with Crippen molar-refractivity contribution in [2.75, 3.05) is 11.9 Å². The molecule has 2 aromatic rings. The van der Waals surface area contributed by atoms with Crippen LogP contribution in [0.1, 0.15) is 5.56 Å². The van der Waals surface area contributed by atoms with Crippen LogP contribution in [0.15, 0.2) is 35.8 Å². The van der Waals surface area contributed by atoms with Gasteiger partial charge in [0.05, 0.1) is 6.54 Å². The molecule has 0 aliphatic carbocycles. The molecule has 1 aromatic carbocycles. The molecule has 1 heterocycles. The largest absolute Gasteiger partial charge is 0.351 e. The third-order valence-corrected chi connectivity index (χ3v) is 2.74. The van der Waals surface area contributed by atoms with E-state index in [0.29, 0.717) is 11.7 Å². The average molecular weight is 248 g/mol. The number of carbonyl (C=O) groups is 1. The highest BCUT2D eigenvalue weighted by molar-refractivity contribution is 7.13. The summed E-state index contributed by atoms with van der Waals surface area (Å²) in [7, 11) is 0. The highest BCUT2D eigenvalue weighted by atomic mass is 32.1. The van der Waals surface area contributed by atoms with E-state index in [1.165, 1.54) is 11.3 Å². The molecule has 2 N–H and O–H groups in total. The van der Waals surface area contributed by atoms with Gasteiger partial charge in [0.25, 0.3) is 0 Å². The first-order valence-electron chi connectivity index (χ1n) is 5.15. The molecular formula is C11H12N4OS. The molecule has 0 aliphatic heterocycles. The molecule has 0 spiro atoms. The van der Waals surface area contributed by atoms with Gasteiger partial charge in [-0.3, -0.25) is 4.79 Å². The summed E-state index contributed by atoms with van der Waals surface area (Å²) in [6.45, 7) is 0.750. The van der Waals surface area contributed by atoms with Gasteiger partial charge in [0.15, 0.2) is 0 Å². The molecule has 0 unspecified atom stereocenters. The lowest BCUT2D eigenvalue weighted by molar-refractivity contribution is -0.119. The van der Waals surface area contributed by atoms with Gasteiger partial charge >= 0.3 is 0 Å². The Kier molecular flexibility index (Phi) is 4.04. The Morgan fingerprint density at radius 1 is 1.29 bits per heavy atom. The van der Waals surface area contributed by atoms with Crippen LogP contribution in [0.4, 0.5) is 5.13 Å². The third kappa shape index (κ3) is 3.84. The standard InChI is InChI=1S/C11H12N4OS/c16-10(7-13-11-15-14-8-17-11)12-6-9-4-2-1-3-5-9/h1-5,8H,6-7H2,(H,12,16)(H,13,15). The molecule has 0 bridgehead atoms. The van der Waals surface area contributed by atoms with Crippen molar-refractivity contribution in [1.29, 1.82) is 0 Å². The summed E-state index contributed by atoms with van der Waals surface area (Å²) in [4.78, 5) is 11.5. The van der Waals surface area contributed by atoms with Gasteiger partial charge in [-0.2, -0.15) is 0 Å². The van der Waals surface area contributed by atoms with Gasteiger partial charge < -0.3 is 10.6 Å². The molecule has 0 atom stereocenters. The maximum absolute atomic E-state index is 11.5. The first kappa shape index (κ1) is 11.5. The number of nitrogens with zero attached hydrogens (tertiary/aromatic N) is 2. The summed E-state index contributed by atoms with van der Waals surface area (Å²) in [6, 6.07) is 9.78. The predicted molar refractivity (Wildman–Crippen MR) is 66.7 cm³/mol. The van der Waals surface area contributed by atoms with Crippen molar-refractivity contribution in [3.8, 4) is 0 Å². The molecule has 0 saturated carbocycles. The normalized spacial score (nSPS) is 9.88. The molecule has 17 heavy (non-hydrogen) atoms. The Morgan fingerprint density at radius 2 is 2.12 bits per heavy atom. The lowest BCUT2D eigenvalue weighted by Gasteiger charge is -2.05.